The predicted octanol–water partition coefficient (Wildman–Crippen LogP) is 3.66. The van der Waals surface area contributed by atoms with E-state index in [0.29, 0.717) is 56.7 Å². The molecule has 0 aromatic heterocycles. The lowest BCUT2D eigenvalue weighted by Crippen LogP contribution is -2.42. The maximum atomic E-state index is 13.4. The van der Waals surface area contributed by atoms with Gasteiger partial charge in [0.25, 0.3) is 5.91 Å². The maximum absolute atomic E-state index is 13.4. The van der Waals surface area contributed by atoms with E-state index < -0.39 is 5.82 Å². The number of amides is 2. The van der Waals surface area contributed by atoms with Gasteiger partial charge in [-0.25, -0.2) is 4.39 Å². The molecule has 1 aliphatic carbocycles. The van der Waals surface area contributed by atoms with Gasteiger partial charge < -0.3 is 15.0 Å². The number of hydrogen-bond acceptors (Lipinski definition) is 3. The van der Waals surface area contributed by atoms with Crippen LogP contribution in [-0.4, -0.2) is 49.6 Å². The van der Waals surface area contributed by atoms with Crippen LogP contribution in [0.5, 0.6) is 0 Å². The Morgan fingerprint density at radius 3 is 2.67 bits per heavy atom. The smallest absolute Gasteiger partial charge is 0.251 e. The maximum Gasteiger partial charge on any atom is 0.251 e. The van der Waals surface area contributed by atoms with Gasteiger partial charge in [-0.1, -0.05) is 31.6 Å². The molecule has 0 bridgehead atoms. The molecule has 1 fully saturated rings. The Bertz CT molecular complexity index is 786. The topological polar surface area (TPSA) is 58.6 Å². The minimum absolute atomic E-state index is 0.205. The van der Waals surface area contributed by atoms with Crippen molar-refractivity contribution in [3.63, 3.8) is 0 Å². The summed E-state index contributed by atoms with van der Waals surface area (Å²) in [5.74, 6) is 0.795. The minimum Gasteiger partial charge on any atom is -0.378 e. The normalized spacial score (nSPS) is 24.5. The average molecular weight is 417 g/mol. The van der Waals surface area contributed by atoms with E-state index >= 15 is 0 Å². The summed E-state index contributed by atoms with van der Waals surface area (Å²) in [5.41, 5.74) is 1.56. The molecule has 6 heteroatoms. The number of hydrogen-bond donors (Lipinski definition) is 1. The first-order valence-electron chi connectivity index (χ1n) is 10.9. The molecule has 1 N–H and O–H groups in total. The van der Waals surface area contributed by atoms with E-state index in [1.807, 2.05) is 4.90 Å². The molecule has 0 spiro atoms. The second kappa shape index (κ2) is 10.2. The van der Waals surface area contributed by atoms with Gasteiger partial charge in [-0.3, -0.25) is 9.59 Å². The largest absolute Gasteiger partial charge is 0.378 e. The van der Waals surface area contributed by atoms with Gasteiger partial charge in [0.15, 0.2) is 0 Å². The van der Waals surface area contributed by atoms with Gasteiger partial charge in [-0.2, -0.15) is 0 Å². The van der Waals surface area contributed by atoms with Gasteiger partial charge in [-0.05, 0) is 55.2 Å². The molecule has 1 heterocycles. The molecule has 5 nitrogen and oxygen atoms in total. The van der Waals surface area contributed by atoms with Crippen LogP contribution in [0.4, 0.5) is 4.39 Å². The van der Waals surface area contributed by atoms with E-state index in [2.05, 4.69) is 32.2 Å². The summed E-state index contributed by atoms with van der Waals surface area (Å²) < 4.78 is 18.7. The molecule has 30 heavy (non-hydrogen) atoms. The number of benzene rings is 1. The van der Waals surface area contributed by atoms with Crippen molar-refractivity contribution >= 4 is 11.8 Å². The quantitative estimate of drug-likeness (QED) is 0.720. The monoisotopic (exact) mass is 416 g/mol. The molecule has 1 aliphatic heterocycles. The third-order valence-electron chi connectivity index (χ3n) is 6.45. The summed E-state index contributed by atoms with van der Waals surface area (Å²) in [6, 6.07) is 5.75. The molecule has 2 amide bonds. The highest BCUT2D eigenvalue weighted by Gasteiger charge is 2.33. The molecule has 2 aliphatic rings. The van der Waals surface area contributed by atoms with Gasteiger partial charge >= 0.3 is 0 Å². The van der Waals surface area contributed by atoms with Crippen LogP contribution < -0.4 is 5.32 Å². The number of ether oxygens (including phenoxy) is 1. The van der Waals surface area contributed by atoms with Crippen molar-refractivity contribution in [2.45, 2.75) is 33.6 Å². The molecule has 1 aromatic rings. The Labute approximate surface area is 178 Å². The Morgan fingerprint density at radius 2 is 2.00 bits per heavy atom. The fourth-order valence-corrected chi connectivity index (χ4v) is 4.60. The van der Waals surface area contributed by atoms with Crippen LogP contribution in [-0.2, 0) is 9.53 Å². The fourth-order valence-electron chi connectivity index (χ4n) is 4.60. The number of morpholine rings is 1. The molecule has 0 saturated carbocycles. The zero-order valence-electron chi connectivity index (χ0n) is 18.2. The summed E-state index contributed by atoms with van der Waals surface area (Å²) >= 11 is 0. The van der Waals surface area contributed by atoms with Crippen LogP contribution in [0.2, 0.25) is 0 Å². The standard InChI is InChI=1S/C24H33FN2O3/c1-16(2)22-13-19(14-23(28)27-7-9-30-10-8-27)17(3)11-20(22)15-26-24(29)18-5-4-6-21(25)12-18/h4-6,11-12,16,19-20,22H,7-10,13-15H2,1-3H3,(H,26,29). The van der Waals surface area contributed by atoms with E-state index in [1.54, 1.807) is 12.1 Å². The van der Waals surface area contributed by atoms with Gasteiger partial charge in [0.2, 0.25) is 5.91 Å². The van der Waals surface area contributed by atoms with Crippen LogP contribution >= 0.6 is 0 Å². The Morgan fingerprint density at radius 1 is 1.27 bits per heavy atom. The van der Waals surface area contributed by atoms with E-state index in [0.717, 1.165) is 6.42 Å². The number of carbonyl (C=O) groups is 2. The molecular weight excluding hydrogens is 383 g/mol. The number of rotatable bonds is 6. The highest BCUT2D eigenvalue weighted by molar-refractivity contribution is 5.94. The Hall–Kier alpha value is -2.21. The number of nitrogens with zero attached hydrogens (tertiary/aromatic N) is 1. The van der Waals surface area contributed by atoms with Crippen LogP contribution in [0, 0.1) is 29.5 Å². The summed E-state index contributed by atoms with van der Waals surface area (Å²) in [4.78, 5) is 27.1. The lowest BCUT2D eigenvalue weighted by atomic mass is 9.69. The van der Waals surface area contributed by atoms with E-state index in [1.165, 1.54) is 17.7 Å². The SMILES string of the molecule is CC1=CC(CNC(=O)c2cccc(F)c2)C(C(C)C)CC1CC(=O)N1CCOCC1. The second-order valence-corrected chi connectivity index (χ2v) is 8.83. The molecule has 0 radical (unpaired) electrons. The van der Waals surface area contributed by atoms with Crippen molar-refractivity contribution in [3.8, 4) is 0 Å². The molecule has 1 aromatic carbocycles. The third-order valence-corrected chi connectivity index (χ3v) is 6.45. The van der Waals surface area contributed by atoms with Crippen LogP contribution in [0.3, 0.4) is 0 Å². The van der Waals surface area contributed by atoms with E-state index in [9.17, 15) is 14.0 Å². The van der Waals surface area contributed by atoms with Crippen molar-refractivity contribution in [1.82, 2.24) is 10.2 Å². The molecule has 3 atom stereocenters. The van der Waals surface area contributed by atoms with Crippen molar-refractivity contribution < 1.29 is 18.7 Å². The third kappa shape index (κ3) is 5.69. The van der Waals surface area contributed by atoms with Crippen molar-refractivity contribution in [3.05, 3.63) is 47.3 Å². The van der Waals surface area contributed by atoms with Crippen molar-refractivity contribution in [2.24, 2.45) is 23.7 Å². The lowest BCUT2D eigenvalue weighted by molar-refractivity contribution is -0.136. The van der Waals surface area contributed by atoms with Crippen LogP contribution in [0.1, 0.15) is 44.0 Å². The van der Waals surface area contributed by atoms with Crippen LogP contribution in [0.25, 0.3) is 0 Å². The zero-order valence-corrected chi connectivity index (χ0v) is 18.2. The first-order chi connectivity index (χ1) is 14.3. The number of carbonyl (C=O) groups excluding carboxylic acids is 2. The lowest BCUT2D eigenvalue weighted by Gasteiger charge is -2.38. The first kappa shape index (κ1) is 22.5. The predicted molar refractivity (Wildman–Crippen MR) is 114 cm³/mol. The average Bonchev–Trinajstić information content (AvgIpc) is 2.73. The van der Waals surface area contributed by atoms with Crippen molar-refractivity contribution in [2.75, 3.05) is 32.8 Å². The Kier molecular flexibility index (Phi) is 7.64. The van der Waals surface area contributed by atoms with E-state index in [4.69, 9.17) is 4.74 Å². The van der Waals surface area contributed by atoms with Gasteiger partial charge in [0, 0.05) is 31.6 Å². The summed E-state index contributed by atoms with van der Waals surface area (Å²) in [5, 5.41) is 2.97. The highest BCUT2D eigenvalue weighted by Crippen LogP contribution is 2.39. The minimum atomic E-state index is -0.413. The summed E-state index contributed by atoms with van der Waals surface area (Å²) in [6.45, 7) is 9.59. The molecule has 3 unspecified atom stereocenters. The van der Waals surface area contributed by atoms with E-state index in [-0.39, 0.29) is 23.7 Å². The van der Waals surface area contributed by atoms with Gasteiger partial charge in [0.1, 0.15) is 5.82 Å². The summed E-state index contributed by atoms with van der Waals surface area (Å²) in [7, 11) is 0. The van der Waals surface area contributed by atoms with Gasteiger partial charge in [0.05, 0.1) is 13.2 Å². The van der Waals surface area contributed by atoms with Crippen molar-refractivity contribution in [1.29, 1.82) is 0 Å². The molecule has 3 rings (SSSR count). The molecule has 164 valence electrons. The molecular formula is C24H33FN2O3. The number of allylic oxidation sites excluding steroid dienone is 1. The Balaban J connectivity index is 1.63. The second-order valence-electron chi connectivity index (χ2n) is 8.83. The van der Waals surface area contributed by atoms with Gasteiger partial charge in [-0.15, -0.1) is 0 Å². The van der Waals surface area contributed by atoms with Crippen LogP contribution in [0.15, 0.2) is 35.9 Å². The zero-order chi connectivity index (χ0) is 21.7. The molecule has 1 saturated heterocycles. The highest BCUT2D eigenvalue weighted by atomic mass is 19.1. The number of nitrogens with one attached hydrogen (secondary N) is 1. The first-order valence-corrected chi connectivity index (χ1v) is 10.9. The fraction of sp³-hybridized carbons (Fsp3) is 0.583. The number of halogens is 1. The summed E-state index contributed by atoms with van der Waals surface area (Å²) in [6.07, 6.45) is 3.71.